The summed E-state index contributed by atoms with van der Waals surface area (Å²) in [5, 5.41) is 11.3. The molecule has 3 rings (SSSR count). The molecule has 160 valence electrons. The predicted octanol–water partition coefficient (Wildman–Crippen LogP) is 5.00. The highest BCUT2D eigenvalue weighted by Gasteiger charge is 2.17. The Morgan fingerprint density at radius 1 is 1.13 bits per heavy atom. The molecule has 0 atom stereocenters. The monoisotopic (exact) mass is 427 g/mol. The Morgan fingerprint density at radius 3 is 2.43 bits per heavy atom. The van der Waals surface area contributed by atoms with Crippen molar-refractivity contribution in [2.24, 2.45) is 0 Å². The van der Waals surface area contributed by atoms with E-state index >= 15 is 0 Å². The Morgan fingerprint density at radius 2 is 1.83 bits per heavy atom. The van der Waals surface area contributed by atoms with E-state index in [2.05, 4.69) is 62.3 Å². The van der Waals surface area contributed by atoms with E-state index in [0.29, 0.717) is 23.4 Å². The molecule has 30 heavy (non-hydrogen) atoms. The van der Waals surface area contributed by atoms with Crippen LogP contribution in [0.2, 0.25) is 0 Å². The van der Waals surface area contributed by atoms with Gasteiger partial charge in [-0.25, -0.2) is 0 Å². The standard InChI is InChI=1S/C23H29N3O3S/c1-14-11-17(23(4,5)6)12-15(2)18(14)7-9-24-20(27)13-30-22-26-25-21(29-22)19-8-10-28-16(19)3/h8,10-12H,7,9,13H2,1-6H3,(H,24,27). The lowest BCUT2D eigenvalue weighted by atomic mass is 9.83. The van der Waals surface area contributed by atoms with Crippen LogP contribution >= 0.6 is 11.8 Å². The molecule has 1 N–H and O–H groups in total. The summed E-state index contributed by atoms with van der Waals surface area (Å²) in [6.45, 7) is 13.4. The number of hydrogen-bond donors (Lipinski definition) is 1. The normalized spacial score (nSPS) is 11.7. The Hall–Kier alpha value is -2.54. The van der Waals surface area contributed by atoms with Crippen molar-refractivity contribution in [1.82, 2.24) is 15.5 Å². The van der Waals surface area contributed by atoms with Gasteiger partial charge in [0.2, 0.25) is 5.91 Å². The van der Waals surface area contributed by atoms with Crippen molar-refractivity contribution in [2.75, 3.05) is 12.3 Å². The largest absolute Gasteiger partial charge is 0.469 e. The first-order valence-electron chi connectivity index (χ1n) is 10.0. The Balaban J connectivity index is 1.49. The van der Waals surface area contributed by atoms with Gasteiger partial charge in [-0.1, -0.05) is 44.7 Å². The van der Waals surface area contributed by atoms with Crippen molar-refractivity contribution in [2.45, 2.75) is 58.6 Å². The maximum atomic E-state index is 12.2. The number of aromatic nitrogens is 2. The van der Waals surface area contributed by atoms with Crippen LogP contribution in [0.5, 0.6) is 0 Å². The second-order valence-corrected chi connectivity index (χ2v) is 9.42. The number of furan rings is 1. The predicted molar refractivity (Wildman–Crippen MR) is 119 cm³/mol. The van der Waals surface area contributed by atoms with Crippen LogP contribution in [0.3, 0.4) is 0 Å². The van der Waals surface area contributed by atoms with E-state index in [1.54, 1.807) is 12.3 Å². The van der Waals surface area contributed by atoms with E-state index in [-0.39, 0.29) is 17.1 Å². The number of thioether (sulfide) groups is 1. The maximum Gasteiger partial charge on any atom is 0.277 e. The van der Waals surface area contributed by atoms with E-state index in [9.17, 15) is 4.79 Å². The minimum Gasteiger partial charge on any atom is -0.469 e. The van der Waals surface area contributed by atoms with Gasteiger partial charge in [-0.2, -0.15) is 0 Å². The molecule has 3 aromatic rings. The molecular formula is C23H29N3O3S. The van der Waals surface area contributed by atoms with Gasteiger partial charge in [0, 0.05) is 6.54 Å². The Labute approximate surface area is 181 Å². The van der Waals surface area contributed by atoms with Crippen LogP contribution in [-0.2, 0) is 16.6 Å². The van der Waals surface area contributed by atoms with Gasteiger partial charge in [0.15, 0.2) is 0 Å². The SMILES string of the molecule is Cc1cc(C(C)(C)C)cc(C)c1CCNC(=O)CSc1nnc(-c2ccoc2C)o1. The molecule has 0 bridgehead atoms. The minimum absolute atomic E-state index is 0.0548. The fourth-order valence-electron chi connectivity index (χ4n) is 3.31. The molecule has 6 nitrogen and oxygen atoms in total. The molecule has 0 fully saturated rings. The van der Waals surface area contributed by atoms with Crippen LogP contribution in [0.4, 0.5) is 0 Å². The zero-order chi connectivity index (χ0) is 21.9. The second-order valence-electron chi connectivity index (χ2n) is 8.49. The van der Waals surface area contributed by atoms with Crippen LogP contribution in [-0.4, -0.2) is 28.4 Å². The number of nitrogens with zero attached hydrogens (tertiary/aromatic N) is 2. The van der Waals surface area contributed by atoms with Crippen molar-refractivity contribution in [3.63, 3.8) is 0 Å². The van der Waals surface area contributed by atoms with Crippen molar-refractivity contribution < 1.29 is 13.6 Å². The molecule has 0 saturated carbocycles. The van der Waals surface area contributed by atoms with E-state index in [4.69, 9.17) is 8.83 Å². The molecule has 0 radical (unpaired) electrons. The highest BCUT2D eigenvalue weighted by Crippen LogP contribution is 2.27. The summed E-state index contributed by atoms with van der Waals surface area (Å²) >= 11 is 1.23. The second kappa shape index (κ2) is 9.08. The molecule has 1 aromatic carbocycles. The number of amides is 1. The number of carbonyl (C=O) groups excluding carboxylic acids is 1. The van der Waals surface area contributed by atoms with Crippen LogP contribution in [0.1, 0.15) is 48.8 Å². The number of hydrogen-bond acceptors (Lipinski definition) is 6. The lowest BCUT2D eigenvalue weighted by Crippen LogP contribution is -2.27. The molecule has 0 saturated heterocycles. The summed E-state index contributed by atoms with van der Waals surface area (Å²) < 4.78 is 10.9. The highest BCUT2D eigenvalue weighted by molar-refractivity contribution is 7.99. The van der Waals surface area contributed by atoms with Gasteiger partial charge in [0.05, 0.1) is 17.6 Å². The lowest BCUT2D eigenvalue weighted by molar-refractivity contribution is -0.118. The first-order valence-corrected chi connectivity index (χ1v) is 11.0. The van der Waals surface area contributed by atoms with Crippen LogP contribution in [0, 0.1) is 20.8 Å². The summed E-state index contributed by atoms with van der Waals surface area (Å²) in [7, 11) is 0. The third kappa shape index (κ3) is 5.33. The number of carbonyl (C=O) groups is 1. The fourth-order valence-corrected chi connectivity index (χ4v) is 3.90. The van der Waals surface area contributed by atoms with Gasteiger partial charge < -0.3 is 14.2 Å². The first kappa shape index (κ1) is 22.2. The molecule has 7 heteroatoms. The topological polar surface area (TPSA) is 81.2 Å². The third-order valence-electron chi connectivity index (χ3n) is 5.08. The van der Waals surface area contributed by atoms with Crippen molar-refractivity contribution in [3.8, 4) is 11.5 Å². The summed E-state index contributed by atoms with van der Waals surface area (Å²) in [5.41, 5.74) is 6.08. The van der Waals surface area contributed by atoms with Crippen molar-refractivity contribution in [3.05, 3.63) is 52.5 Å². The van der Waals surface area contributed by atoms with Gasteiger partial charge >= 0.3 is 0 Å². The first-order chi connectivity index (χ1) is 14.1. The molecule has 0 unspecified atom stereocenters. The molecule has 0 aliphatic heterocycles. The van der Waals surface area contributed by atoms with Crippen LogP contribution < -0.4 is 5.32 Å². The number of nitrogens with one attached hydrogen (secondary N) is 1. The van der Waals surface area contributed by atoms with E-state index in [1.807, 2.05) is 6.92 Å². The minimum atomic E-state index is -0.0548. The van der Waals surface area contributed by atoms with Crippen LogP contribution in [0.25, 0.3) is 11.5 Å². The molecular weight excluding hydrogens is 398 g/mol. The Bertz CT molecular complexity index is 1010. The van der Waals surface area contributed by atoms with Gasteiger partial charge in [-0.15, -0.1) is 10.2 Å². The van der Waals surface area contributed by atoms with Crippen LogP contribution in [0.15, 0.2) is 38.5 Å². The third-order valence-corrected chi connectivity index (χ3v) is 5.90. The number of rotatable bonds is 7. The Kier molecular flexibility index (Phi) is 6.71. The van der Waals surface area contributed by atoms with Gasteiger partial charge in [-0.3, -0.25) is 4.79 Å². The molecule has 0 aliphatic rings. The van der Waals surface area contributed by atoms with Crippen molar-refractivity contribution in [1.29, 1.82) is 0 Å². The number of benzene rings is 1. The fraction of sp³-hybridized carbons (Fsp3) is 0.435. The average Bonchev–Trinajstić information content (AvgIpc) is 3.29. The molecule has 2 aromatic heterocycles. The number of aryl methyl sites for hydroxylation is 3. The average molecular weight is 428 g/mol. The smallest absolute Gasteiger partial charge is 0.277 e. The van der Waals surface area contributed by atoms with Gasteiger partial charge in [-0.05, 0) is 60.9 Å². The highest BCUT2D eigenvalue weighted by atomic mass is 32.2. The summed E-state index contributed by atoms with van der Waals surface area (Å²) in [6, 6.07) is 6.30. The van der Waals surface area contributed by atoms with Gasteiger partial charge in [0.1, 0.15) is 5.76 Å². The molecule has 1 amide bonds. The summed E-state index contributed by atoms with van der Waals surface area (Å²) in [5.74, 6) is 1.29. The van der Waals surface area contributed by atoms with Gasteiger partial charge in [0.25, 0.3) is 11.1 Å². The molecule has 0 aliphatic carbocycles. The molecule has 2 heterocycles. The van der Waals surface area contributed by atoms with E-state index < -0.39 is 0 Å². The van der Waals surface area contributed by atoms with E-state index in [1.165, 1.54) is 34.0 Å². The lowest BCUT2D eigenvalue weighted by Gasteiger charge is -2.22. The maximum absolute atomic E-state index is 12.2. The molecule has 0 spiro atoms. The quantitative estimate of drug-likeness (QED) is 0.534. The zero-order valence-corrected chi connectivity index (χ0v) is 19.3. The summed E-state index contributed by atoms with van der Waals surface area (Å²) in [6.07, 6.45) is 2.39. The van der Waals surface area contributed by atoms with Crippen molar-refractivity contribution >= 4 is 17.7 Å². The van der Waals surface area contributed by atoms with E-state index in [0.717, 1.165) is 12.0 Å². The summed E-state index contributed by atoms with van der Waals surface area (Å²) in [4.78, 5) is 12.2. The zero-order valence-electron chi connectivity index (χ0n) is 18.5.